The van der Waals surface area contributed by atoms with E-state index >= 15 is 0 Å². The quantitative estimate of drug-likeness (QED) is 0.791. The third-order valence-corrected chi connectivity index (χ3v) is 6.80. The lowest BCUT2D eigenvalue weighted by Crippen LogP contribution is -2.62. The molecule has 3 heterocycles. The fourth-order valence-corrected chi connectivity index (χ4v) is 4.64. The summed E-state index contributed by atoms with van der Waals surface area (Å²) >= 11 is 0. The maximum atomic E-state index is 13.2. The molecular weight excluding hydrogens is 354 g/mol. The topological polar surface area (TPSA) is 69.6 Å². The maximum Gasteiger partial charge on any atom is 0.257 e. The van der Waals surface area contributed by atoms with E-state index in [-0.39, 0.29) is 17.4 Å². The van der Waals surface area contributed by atoms with Crippen LogP contribution in [-0.4, -0.2) is 81.8 Å². The second-order valence-corrected chi connectivity index (χ2v) is 8.82. The van der Waals surface area contributed by atoms with E-state index in [0.29, 0.717) is 36.8 Å². The zero-order valence-electron chi connectivity index (χ0n) is 17.3. The monoisotopic (exact) mass is 385 g/mol. The summed E-state index contributed by atoms with van der Waals surface area (Å²) in [6.07, 6.45) is 6.49. The molecule has 0 bridgehead atoms. The van der Waals surface area contributed by atoms with Crippen molar-refractivity contribution >= 4 is 11.8 Å². The smallest absolute Gasteiger partial charge is 0.257 e. The fraction of sp³-hybridized carbons (Fsp3) is 0.714. The van der Waals surface area contributed by atoms with E-state index in [0.717, 1.165) is 38.2 Å². The summed E-state index contributed by atoms with van der Waals surface area (Å²) in [7, 11) is 2.14. The first kappa shape index (κ1) is 19.3. The Morgan fingerprint density at radius 1 is 1.21 bits per heavy atom. The lowest BCUT2D eigenvalue weighted by Gasteiger charge is -2.49. The van der Waals surface area contributed by atoms with Gasteiger partial charge in [0.25, 0.3) is 5.91 Å². The van der Waals surface area contributed by atoms with E-state index < -0.39 is 0 Å². The Hall–Kier alpha value is -2.02. The summed E-state index contributed by atoms with van der Waals surface area (Å²) in [5.74, 6) is 1.69. The Labute approximate surface area is 167 Å². The van der Waals surface area contributed by atoms with Crippen LogP contribution in [0.25, 0.3) is 0 Å². The van der Waals surface area contributed by atoms with Crippen LogP contribution in [0.5, 0.6) is 0 Å². The molecule has 7 heteroatoms. The van der Waals surface area contributed by atoms with E-state index in [2.05, 4.69) is 26.8 Å². The second-order valence-electron chi connectivity index (χ2n) is 8.82. The summed E-state index contributed by atoms with van der Waals surface area (Å²) in [5.41, 5.74) is 1.20. The molecule has 2 saturated heterocycles. The first-order chi connectivity index (χ1) is 13.4. The van der Waals surface area contributed by atoms with Gasteiger partial charge in [0.2, 0.25) is 5.91 Å². The Morgan fingerprint density at radius 2 is 2.00 bits per heavy atom. The first-order valence-corrected chi connectivity index (χ1v) is 10.5. The molecule has 2 amide bonds. The van der Waals surface area contributed by atoms with Gasteiger partial charge in [-0.25, -0.2) is 9.97 Å². The summed E-state index contributed by atoms with van der Waals surface area (Å²) < 4.78 is 0. The van der Waals surface area contributed by atoms with Gasteiger partial charge in [0.1, 0.15) is 5.82 Å². The van der Waals surface area contributed by atoms with Crippen LogP contribution in [0.15, 0.2) is 6.20 Å². The van der Waals surface area contributed by atoms with Crippen LogP contribution in [0.1, 0.15) is 54.0 Å². The predicted octanol–water partition coefficient (Wildman–Crippen LogP) is 1.64. The molecule has 1 saturated carbocycles. The van der Waals surface area contributed by atoms with Crippen LogP contribution in [0.2, 0.25) is 0 Å². The summed E-state index contributed by atoms with van der Waals surface area (Å²) in [6.45, 7) is 7.62. The van der Waals surface area contributed by atoms with Gasteiger partial charge in [-0.3, -0.25) is 14.5 Å². The van der Waals surface area contributed by atoms with Crippen LogP contribution in [0.4, 0.5) is 0 Å². The number of aromatic nitrogens is 2. The molecule has 0 aromatic carbocycles. The van der Waals surface area contributed by atoms with Crippen LogP contribution < -0.4 is 0 Å². The largest absolute Gasteiger partial charge is 0.342 e. The average Bonchev–Trinajstić information content (AvgIpc) is 3.49. The Kier molecular flexibility index (Phi) is 5.12. The standard InChI is InChI=1S/C21H31N5O2/c1-15-18(12-22-16(2)23-15)20(28)26-11-10-24(3)21(14-26)7-6-19(27)25(9-8-21)13-17-4-5-17/h12,17H,4-11,13-14H2,1-3H3. The molecule has 28 heavy (non-hydrogen) atoms. The minimum absolute atomic E-state index is 0.00962. The van der Waals surface area contributed by atoms with Gasteiger partial charge < -0.3 is 9.80 Å². The van der Waals surface area contributed by atoms with Crippen molar-refractivity contribution in [1.82, 2.24) is 24.7 Å². The van der Waals surface area contributed by atoms with Crippen LogP contribution in [-0.2, 0) is 4.79 Å². The highest BCUT2D eigenvalue weighted by atomic mass is 16.2. The number of rotatable bonds is 3. The number of likely N-dealkylation sites (tertiary alicyclic amines) is 1. The number of nitrogens with zero attached hydrogens (tertiary/aromatic N) is 5. The van der Waals surface area contributed by atoms with E-state index in [1.165, 1.54) is 12.8 Å². The van der Waals surface area contributed by atoms with Crippen molar-refractivity contribution in [3.63, 3.8) is 0 Å². The van der Waals surface area contributed by atoms with Crippen LogP contribution in [0, 0.1) is 19.8 Å². The van der Waals surface area contributed by atoms with Crippen LogP contribution >= 0.6 is 0 Å². The average molecular weight is 386 g/mol. The number of carbonyl (C=O) groups excluding carboxylic acids is 2. The van der Waals surface area contributed by atoms with Gasteiger partial charge in [-0.05, 0) is 52.5 Å². The highest BCUT2D eigenvalue weighted by molar-refractivity contribution is 5.95. The molecule has 1 aromatic heterocycles. The molecule has 7 nitrogen and oxygen atoms in total. The summed E-state index contributed by atoms with van der Waals surface area (Å²) in [4.78, 5) is 40.8. The predicted molar refractivity (Wildman–Crippen MR) is 106 cm³/mol. The molecular formula is C21H31N5O2. The normalized spacial score (nSPS) is 26.6. The van der Waals surface area contributed by atoms with Crippen molar-refractivity contribution in [2.24, 2.45) is 5.92 Å². The molecule has 0 radical (unpaired) electrons. The SMILES string of the molecule is Cc1ncc(C(=O)N2CCN(C)C3(CCC(=O)N(CC4CC4)CC3)C2)c(C)n1. The lowest BCUT2D eigenvalue weighted by atomic mass is 9.86. The molecule has 1 aliphatic carbocycles. The third kappa shape index (κ3) is 3.77. The molecule has 3 fully saturated rings. The third-order valence-electron chi connectivity index (χ3n) is 6.80. The summed E-state index contributed by atoms with van der Waals surface area (Å²) in [6, 6.07) is 0. The fourth-order valence-electron chi connectivity index (χ4n) is 4.64. The number of hydrogen-bond donors (Lipinski definition) is 0. The van der Waals surface area contributed by atoms with Gasteiger partial charge in [-0.2, -0.15) is 0 Å². The number of aryl methyl sites for hydroxylation is 2. The highest BCUT2D eigenvalue weighted by Crippen LogP contribution is 2.35. The lowest BCUT2D eigenvalue weighted by molar-refractivity contribution is -0.130. The molecule has 4 rings (SSSR count). The number of hydrogen-bond acceptors (Lipinski definition) is 5. The highest BCUT2D eigenvalue weighted by Gasteiger charge is 2.44. The minimum atomic E-state index is -0.124. The molecule has 2 aliphatic heterocycles. The minimum Gasteiger partial charge on any atom is -0.342 e. The van der Waals surface area contributed by atoms with Crippen molar-refractivity contribution in [2.45, 2.75) is 51.5 Å². The molecule has 1 unspecified atom stereocenters. The van der Waals surface area contributed by atoms with E-state index in [1.54, 1.807) is 6.20 Å². The second kappa shape index (κ2) is 7.43. The Bertz CT molecular complexity index is 778. The van der Waals surface area contributed by atoms with Crippen molar-refractivity contribution < 1.29 is 9.59 Å². The van der Waals surface area contributed by atoms with Gasteiger partial charge >= 0.3 is 0 Å². The van der Waals surface area contributed by atoms with Gasteiger partial charge in [0.15, 0.2) is 0 Å². The van der Waals surface area contributed by atoms with Gasteiger partial charge in [0, 0.05) is 50.9 Å². The first-order valence-electron chi connectivity index (χ1n) is 10.5. The van der Waals surface area contributed by atoms with E-state index in [1.807, 2.05) is 18.7 Å². The van der Waals surface area contributed by atoms with Crippen molar-refractivity contribution in [2.75, 3.05) is 39.8 Å². The maximum absolute atomic E-state index is 13.2. The van der Waals surface area contributed by atoms with Gasteiger partial charge in [-0.1, -0.05) is 0 Å². The molecule has 1 aromatic rings. The Morgan fingerprint density at radius 3 is 2.71 bits per heavy atom. The molecule has 1 spiro atoms. The zero-order chi connectivity index (χ0) is 19.9. The van der Waals surface area contributed by atoms with Crippen molar-refractivity contribution in [3.8, 4) is 0 Å². The number of piperazine rings is 1. The van der Waals surface area contributed by atoms with Crippen LogP contribution in [0.3, 0.4) is 0 Å². The van der Waals surface area contributed by atoms with Crippen molar-refractivity contribution in [1.29, 1.82) is 0 Å². The number of likely N-dealkylation sites (N-methyl/N-ethyl adjacent to an activating group) is 1. The van der Waals surface area contributed by atoms with E-state index in [9.17, 15) is 9.59 Å². The van der Waals surface area contributed by atoms with E-state index in [4.69, 9.17) is 0 Å². The Balaban J connectivity index is 1.50. The molecule has 0 N–H and O–H groups in total. The van der Waals surface area contributed by atoms with Gasteiger partial charge in [0.05, 0.1) is 11.3 Å². The zero-order valence-corrected chi connectivity index (χ0v) is 17.3. The number of amides is 2. The number of carbonyl (C=O) groups is 2. The van der Waals surface area contributed by atoms with Crippen molar-refractivity contribution in [3.05, 3.63) is 23.3 Å². The molecule has 1 atom stereocenters. The molecule has 3 aliphatic rings. The van der Waals surface area contributed by atoms with Gasteiger partial charge in [-0.15, -0.1) is 0 Å². The summed E-state index contributed by atoms with van der Waals surface area (Å²) in [5, 5.41) is 0. The molecule has 152 valence electrons.